The molecule has 1 aromatic heterocycles. The van der Waals surface area contributed by atoms with Crippen molar-refractivity contribution in [1.82, 2.24) is 19.6 Å². The van der Waals surface area contributed by atoms with E-state index in [-0.39, 0.29) is 5.91 Å². The van der Waals surface area contributed by atoms with Crippen LogP contribution in [0.25, 0.3) is 22.2 Å². The Bertz CT molecular complexity index is 989. The van der Waals surface area contributed by atoms with Gasteiger partial charge in [0.15, 0.2) is 0 Å². The molecule has 4 rings (SSSR count). The van der Waals surface area contributed by atoms with Gasteiger partial charge in [0.2, 0.25) is 0 Å². The van der Waals surface area contributed by atoms with E-state index in [4.69, 9.17) is 5.10 Å². The monoisotopic (exact) mass is 362 g/mol. The summed E-state index contributed by atoms with van der Waals surface area (Å²) in [7, 11) is 5.98. The van der Waals surface area contributed by atoms with Crippen LogP contribution >= 0.6 is 0 Å². The van der Waals surface area contributed by atoms with Crippen molar-refractivity contribution in [2.75, 3.05) is 27.2 Å². The molecule has 0 bridgehead atoms. The number of fused-ring (bicyclic) bond motifs is 1. The zero-order chi connectivity index (χ0) is 19.1. The SMILES string of the molecule is Cc1ccc2c(c1)c(-c1ccc(C(=O)N(C)[C@H]3CCN(C)C3)cc1)nn2C. The number of aromatic nitrogens is 2. The number of hydrogen-bond donors (Lipinski definition) is 0. The topological polar surface area (TPSA) is 41.4 Å². The highest BCUT2D eigenvalue weighted by atomic mass is 16.2. The minimum absolute atomic E-state index is 0.0866. The number of amides is 1. The van der Waals surface area contributed by atoms with Crippen molar-refractivity contribution < 1.29 is 4.79 Å². The van der Waals surface area contributed by atoms with Crippen LogP contribution in [0.2, 0.25) is 0 Å². The third kappa shape index (κ3) is 3.23. The van der Waals surface area contributed by atoms with E-state index in [9.17, 15) is 4.79 Å². The molecule has 140 valence electrons. The minimum Gasteiger partial charge on any atom is -0.337 e. The van der Waals surface area contributed by atoms with Crippen molar-refractivity contribution in [2.24, 2.45) is 7.05 Å². The molecule has 0 unspecified atom stereocenters. The van der Waals surface area contributed by atoms with Crippen LogP contribution in [0.15, 0.2) is 42.5 Å². The number of carbonyl (C=O) groups is 1. The van der Waals surface area contributed by atoms with Gasteiger partial charge in [-0.25, -0.2) is 0 Å². The van der Waals surface area contributed by atoms with E-state index in [0.717, 1.165) is 47.2 Å². The molecule has 0 spiro atoms. The van der Waals surface area contributed by atoms with E-state index in [1.807, 2.05) is 47.9 Å². The Morgan fingerprint density at radius 3 is 2.56 bits per heavy atom. The Kier molecular flexibility index (Phi) is 4.48. The highest BCUT2D eigenvalue weighted by molar-refractivity contribution is 5.97. The van der Waals surface area contributed by atoms with E-state index >= 15 is 0 Å². The average molecular weight is 362 g/mol. The molecule has 5 nitrogen and oxygen atoms in total. The van der Waals surface area contributed by atoms with Gasteiger partial charge in [-0.2, -0.15) is 5.10 Å². The Morgan fingerprint density at radius 1 is 1.15 bits per heavy atom. The van der Waals surface area contributed by atoms with Crippen LogP contribution in [0, 0.1) is 6.92 Å². The van der Waals surface area contributed by atoms with Crippen LogP contribution in [0.3, 0.4) is 0 Å². The summed E-state index contributed by atoms with van der Waals surface area (Å²) < 4.78 is 1.91. The maximum atomic E-state index is 12.8. The van der Waals surface area contributed by atoms with Gasteiger partial charge in [0.1, 0.15) is 5.69 Å². The molecule has 1 amide bonds. The molecule has 1 aliphatic heterocycles. The molecule has 1 saturated heterocycles. The number of likely N-dealkylation sites (tertiary alicyclic amines) is 1. The first-order valence-electron chi connectivity index (χ1n) is 9.43. The third-order valence-electron chi connectivity index (χ3n) is 5.65. The van der Waals surface area contributed by atoms with Gasteiger partial charge in [-0.05, 0) is 51.2 Å². The summed E-state index contributed by atoms with van der Waals surface area (Å²) in [5.41, 5.74) is 5.05. The van der Waals surface area contributed by atoms with Crippen molar-refractivity contribution >= 4 is 16.8 Å². The number of hydrogen-bond acceptors (Lipinski definition) is 3. The second-order valence-corrected chi connectivity index (χ2v) is 7.69. The van der Waals surface area contributed by atoms with Gasteiger partial charge in [-0.15, -0.1) is 0 Å². The van der Waals surface area contributed by atoms with E-state index in [1.54, 1.807) is 0 Å². The lowest BCUT2D eigenvalue weighted by molar-refractivity contribution is 0.0737. The predicted molar refractivity (Wildman–Crippen MR) is 109 cm³/mol. The number of benzene rings is 2. The van der Waals surface area contributed by atoms with Crippen LogP contribution in [0.1, 0.15) is 22.3 Å². The van der Waals surface area contributed by atoms with E-state index < -0.39 is 0 Å². The zero-order valence-electron chi connectivity index (χ0n) is 16.4. The Labute approximate surface area is 160 Å². The molecule has 2 aromatic carbocycles. The number of nitrogens with zero attached hydrogens (tertiary/aromatic N) is 4. The number of likely N-dealkylation sites (N-methyl/N-ethyl adjacent to an activating group) is 2. The lowest BCUT2D eigenvalue weighted by Gasteiger charge is -2.24. The molecule has 2 heterocycles. The molecule has 0 saturated carbocycles. The third-order valence-corrected chi connectivity index (χ3v) is 5.65. The first-order chi connectivity index (χ1) is 12.9. The zero-order valence-corrected chi connectivity index (χ0v) is 16.4. The molecule has 0 aliphatic carbocycles. The van der Waals surface area contributed by atoms with Gasteiger partial charge >= 0.3 is 0 Å². The van der Waals surface area contributed by atoms with Gasteiger partial charge in [-0.3, -0.25) is 9.48 Å². The molecule has 1 atom stereocenters. The summed E-state index contributed by atoms with van der Waals surface area (Å²) in [5.74, 6) is 0.0866. The number of carbonyl (C=O) groups excluding carboxylic acids is 1. The molecule has 1 aliphatic rings. The number of aryl methyl sites for hydroxylation is 2. The quantitative estimate of drug-likeness (QED) is 0.718. The first-order valence-corrected chi connectivity index (χ1v) is 9.43. The van der Waals surface area contributed by atoms with Crippen molar-refractivity contribution in [2.45, 2.75) is 19.4 Å². The van der Waals surface area contributed by atoms with Crippen LogP contribution in [-0.2, 0) is 7.05 Å². The fraction of sp³-hybridized carbons (Fsp3) is 0.364. The van der Waals surface area contributed by atoms with Gasteiger partial charge in [0.05, 0.1) is 5.52 Å². The molecule has 3 aromatic rings. The van der Waals surface area contributed by atoms with Gasteiger partial charge in [-0.1, -0.05) is 23.8 Å². The molecular formula is C22H26N4O. The maximum absolute atomic E-state index is 12.8. The van der Waals surface area contributed by atoms with Gasteiger partial charge < -0.3 is 9.80 Å². The maximum Gasteiger partial charge on any atom is 0.253 e. The van der Waals surface area contributed by atoms with Crippen molar-refractivity contribution in [3.8, 4) is 11.3 Å². The van der Waals surface area contributed by atoms with E-state index in [2.05, 4.69) is 37.1 Å². The van der Waals surface area contributed by atoms with E-state index in [1.165, 1.54) is 5.56 Å². The summed E-state index contributed by atoms with van der Waals surface area (Å²) in [4.78, 5) is 17.0. The van der Waals surface area contributed by atoms with Gasteiger partial charge in [0, 0.05) is 43.2 Å². The standard InChI is InChI=1S/C22H26N4O/c1-15-5-10-20-19(13-15)21(23-26(20)4)16-6-8-17(9-7-16)22(27)25(3)18-11-12-24(2)14-18/h5-10,13,18H,11-12,14H2,1-4H3/t18-/m0/s1. The lowest BCUT2D eigenvalue weighted by Crippen LogP contribution is -2.38. The van der Waals surface area contributed by atoms with E-state index in [0.29, 0.717) is 6.04 Å². The molecule has 0 N–H and O–H groups in total. The largest absolute Gasteiger partial charge is 0.337 e. The molecule has 0 radical (unpaired) electrons. The second-order valence-electron chi connectivity index (χ2n) is 7.69. The van der Waals surface area contributed by atoms with Crippen LogP contribution < -0.4 is 0 Å². The summed E-state index contributed by atoms with van der Waals surface area (Å²) in [5, 5.41) is 5.84. The fourth-order valence-corrected chi connectivity index (χ4v) is 3.96. The summed E-state index contributed by atoms with van der Waals surface area (Å²) in [6.07, 6.45) is 1.04. The Morgan fingerprint density at radius 2 is 1.89 bits per heavy atom. The van der Waals surface area contributed by atoms with Crippen molar-refractivity contribution in [3.05, 3.63) is 53.6 Å². The predicted octanol–water partition coefficient (Wildman–Crippen LogP) is 3.32. The molecule has 1 fully saturated rings. The minimum atomic E-state index is 0.0866. The smallest absolute Gasteiger partial charge is 0.253 e. The van der Waals surface area contributed by atoms with Crippen molar-refractivity contribution in [3.63, 3.8) is 0 Å². The number of rotatable bonds is 3. The van der Waals surface area contributed by atoms with Crippen LogP contribution in [-0.4, -0.2) is 58.7 Å². The molecule has 27 heavy (non-hydrogen) atoms. The fourth-order valence-electron chi connectivity index (χ4n) is 3.96. The summed E-state index contributed by atoms with van der Waals surface area (Å²) in [6.45, 7) is 4.08. The average Bonchev–Trinajstić information content (AvgIpc) is 3.24. The highest BCUT2D eigenvalue weighted by Gasteiger charge is 2.27. The lowest BCUT2D eigenvalue weighted by atomic mass is 10.0. The van der Waals surface area contributed by atoms with Crippen LogP contribution in [0.4, 0.5) is 0 Å². The molecular weight excluding hydrogens is 336 g/mol. The van der Waals surface area contributed by atoms with Crippen LogP contribution in [0.5, 0.6) is 0 Å². The molecule has 5 heteroatoms. The van der Waals surface area contributed by atoms with Crippen molar-refractivity contribution in [1.29, 1.82) is 0 Å². The normalized spacial score (nSPS) is 17.6. The van der Waals surface area contributed by atoms with Gasteiger partial charge in [0.25, 0.3) is 5.91 Å². The second kappa shape index (κ2) is 6.82. The Hall–Kier alpha value is -2.66. The highest BCUT2D eigenvalue weighted by Crippen LogP contribution is 2.29. The Balaban J connectivity index is 1.61. The first kappa shape index (κ1) is 17.7. The summed E-state index contributed by atoms with van der Waals surface area (Å²) in [6, 6.07) is 14.5. The summed E-state index contributed by atoms with van der Waals surface area (Å²) >= 11 is 0.